The minimum Gasteiger partial charge on any atom is -0.465 e. The molecule has 0 bridgehead atoms. The Kier molecular flexibility index (Phi) is 8.50. The number of likely N-dealkylation sites (N-methyl/N-ethyl adjacent to an activating group) is 1. The quantitative estimate of drug-likeness (QED) is 0.586. The Morgan fingerprint density at radius 2 is 1.68 bits per heavy atom. The minimum absolute atomic E-state index is 0.0230. The number of hydrogen-bond donors (Lipinski definition) is 2. The normalized spacial score (nSPS) is 23.0. The molecule has 2 aliphatic rings. The van der Waals surface area contributed by atoms with E-state index in [9.17, 15) is 19.5 Å². The highest BCUT2D eigenvalue weighted by Gasteiger charge is 2.33. The molecule has 3 rings (SSSR count). The first kappa shape index (κ1) is 23.3. The van der Waals surface area contributed by atoms with Crippen molar-refractivity contribution in [2.24, 2.45) is 17.8 Å². The van der Waals surface area contributed by atoms with Gasteiger partial charge in [0.15, 0.2) is 5.78 Å². The summed E-state index contributed by atoms with van der Waals surface area (Å²) in [4.78, 5) is 38.6. The van der Waals surface area contributed by atoms with Gasteiger partial charge in [0.2, 0.25) is 5.91 Å². The van der Waals surface area contributed by atoms with Crippen LogP contribution in [0.5, 0.6) is 0 Å². The third-order valence-electron chi connectivity index (χ3n) is 6.98. The number of ketones is 1. The lowest BCUT2D eigenvalue weighted by Gasteiger charge is -2.32. The molecule has 170 valence electrons. The molecule has 2 saturated carbocycles. The average molecular weight is 429 g/mol. The van der Waals surface area contributed by atoms with Crippen LogP contribution in [0.2, 0.25) is 0 Å². The summed E-state index contributed by atoms with van der Waals surface area (Å²) in [6.45, 7) is 0.302. The molecule has 1 aromatic carbocycles. The highest BCUT2D eigenvalue weighted by atomic mass is 16.4. The molecule has 2 N–H and O–H groups in total. The number of carbonyl (C=O) groups excluding carboxylic acids is 2. The molecule has 0 aliphatic heterocycles. The largest absolute Gasteiger partial charge is 0.465 e. The Balaban J connectivity index is 1.61. The Morgan fingerprint density at radius 1 is 1.00 bits per heavy atom. The molecular weight excluding hydrogens is 392 g/mol. The van der Waals surface area contributed by atoms with Gasteiger partial charge in [-0.2, -0.15) is 0 Å². The van der Waals surface area contributed by atoms with E-state index in [0.29, 0.717) is 24.4 Å². The fourth-order valence-electron chi connectivity index (χ4n) is 5.24. The van der Waals surface area contributed by atoms with Crippen LogP contribution in [-0.2, 0) is 4.79 Å². The standard InChI is InChI=1S/C25H36N2O4/c1-27(25(30)31)17-22(15-18-9-4-2-5-10-18)26-24(29)21-14-8-13-20(16-21)23(28)19-11-6-3-7-12-19/h3,6-7,11-12,18,20-22H,2,4-5,8-10,13-17H2,1H3,(H,26,29)(H,30,31)/t20?,21?,22-/m0/s1. The third-order valence-corrected chi connectivity index (χ3v) is 6.98. The van der Waals surface area contributed by atoms with E-state index < -0.39 is 6.09 Å². The smallest absolute Gasteiger partial charge is 0.407 e. The van der Waals surface area contributed by atoms with Crippen molar-refractivity contribution in [2.75, 3.05) is 13.6 Å². The first-order chi connectivity index (χ1) is 14.9. The van der Waals surface area contributed by atoms with Crippen LogP contribution in [-0.4, -0.2) is 47.4 Å². The number of nitrogens with one attached hydrogen (secondary N) is 1. The van der Waals surface area contributed by atoms with Crippen LogP contribution in [0.3, 0.4) is 0 Å². The van der Waals surface area contributed by atoms with Gasteiger partial charge in [-0.1, -0.05) is 68.9 Å². The molecule has 3 atom stereocenters. The maximum atomic E-state index is 13.1. The summed E-state index contributed by atoms with van der Waals surface area (Å²) in [6, 6.07) is 9.14. The lowest BCUT2D eigenvalue weighted by Crippen LogP contribution is -2.47. The average Bonchev–Trinajstić information content (AvgIpc) is 2.79. The topological polar surface area (TPSA) is 86.7 Å². The van der Waals surface area contributed by atoms with Crippen molar-refractivity contribution in [1.82, 2.24) is 10.2 Å². The minimum atomic E-state index is -0.978. The Bertz CT molecular complexity index is 745. The maximum Gasteiger partial charge on any atom is 0.407 e. The first-order valence-electron chi connectivity index (χ1n) is 11.8. The molecule has 0 heterocycles. The molecule has 1 aromatic rings. The maximum absolute atomic E-state index is 13.1. The van der Waals surface area contributed by atoms with Crippen molar-refractivity contribution >= 4 is 17.8 Å². The number of benzene rings is 1. The number of carboxylic acid groups (broad SMARTS) is 1. The molecule has 2 amide bonds. The molecule has 6 nitrogen and oxygen atoms in total. The van der Waals surface area contributed by atoms with E-state index in [4.69, 9.17) is 0 Å². The van der Waals surface area contributed by atoms with Crippen LogP contribution in [0.4, 0.5) is 4.79 Å². The number of amides is 2. The third kappa shape index (κ3) is 6.81. The zero-order valence-electron chi connectivity index (χ0n) is 18.6. The lowest BCUT2D eigenvalue weighted by molar-refractivity contribution is -0.127. The SMILES string of the molecule is CN(C[C@H](CC1CCCCC1)NC(=O)C1CCCC(C(=O)c2ccccc2)C1)C(=O)O. The fourth-order valence-corrected chi connectivity index (χ4v) is 5.24. The van der Waals surface area contributed by atoms with E-state index in [-0.39, 0.29) is 29.6 Å². The molecule has 6 heteroatoms. The molecule has 31 heavy (non-hydrogen) atoms. The second kappa shape index (κ2) is 11.3. The van der Waals surface area contributed by atoms with Crippen molar-refractivity contribution in [1.29, 1.82) is 0 Å². The molecule has 2 fully saturated rings. The predicted molar refractivity (Wildman–Crippen MR) is 120 cm³/mol. The van der Waals surface area contributed by atoms with Crippen LogP contribution in [0.15, 0.2) is 30.3 Å². The molecule has 2 unspecified atom stereocenters. The van der Waals surface area contributed by atoms with Gasteiger partial charge >= 0.3 is 6.09 Å². The second-order valence-electron chi connectivity index (χ2n) is 9.40. The van der Waals surface area contributed by atoms with Gasteiger partial charge in [0.25, 0.3) is 0 Å². The summed E-state index contributed by atoms with van der Waals surface area (Å²) in [5.74, 6) is 0.341. The van der Waals surface area contributed by atoms with E-state index >= 15 is 0 Å². The van der Waals surface area contributed by atoms with Crippen LogP contribution in [0.25, 0.3) is 0 Å². The number of Topliss-reactive ketones (excluding diaryl/α,β-unsaturated/α-hetero) is 1. The number of nitrogens with zero attached hydrogens (tertiary/aromatic N) is 1. The number of carbonyl (C=O) groups is 3. The number of hydrogen-bond acceptors (Lipinski definition) is 3. The van der Waals surface area contributed by atoms with Crippen molar-refractivity contribution < 1.29 is 19.5 Å². The Hall–Kier alpha value is -2.37. The molecule has 0 aromatic heterocycles. The Morgan fingerprint density at radius 3 is 2.35 bits per heavy atom. The summed E-state index contributed by atoms with van der Waals surface area (Å²) in [5.41, 5.74) is 0.715. The van der Waals surface area contributed by atoms with Gasteiger partial charge in [-0.25, -0.2) is 4.79 Å². The van der Waals surface area contributed by atoms with Crippen molar-refractivity contribution in [2.45, 2.75) is 70.3 Å². The summed E-state index contributed by atoms with van der Waals surface area (Å²) >= 11 is 0. The zero-order valence-corrected chi connectivity index (χ0v) is 18.6. The number of rotatable bonds is 8. The van der Waals surface area contributed by atoms with Gasteiger partial charge in [0.05, 0.1) is 0 Å². The molecule has 0 saturated heterocycles. The molecule has 2 aliphatic carbocycles. The van der Waals surface area contributed by atoms with E-state index in [1.165, 1.54) is 24.2 Å². The molecule has 0 spiro atoms. The van der Waals surface area contributed by atoms with Gasteiger partial charge in [-0.15, -0.1) is 0 Å². The highest BCUT2D eigenvalue weighted by Crippen LogP contribution is 2.32. The van der Waals surface area contributed by atoms with Crippen LogP contribution >= 0.6 is 0 Å². The Labute approximate surface area is 185 Å². The monoisotopic (exact) mass is 428 g/mol. The van der Waals surface area contributed by atoms with Crippen molar-refractivity contribution in [3.8, 4) is 0 Å². The summed E-state index contributed by atoms with van der Waals surface area (Å²) in [6.07, 6.45) is 8.89. The van der Waals surface area contributed by atoms with E-state index in [0.717, 1.165) is 38.5 Å². The van der Waals surface area contributed by atoms with E-state index in [2.05, 4.69) is 5.32 Å². The predicted octanol–water partition coefficient (Wildman–Crippen LogP) is 4.74. The first-order valence-corrected chi connectivity index (χ1v) is 11.8. The van der Waals surface area contributed by atoms with E-state index in [1.54, 1.807) is 7.05 Å². The molecular formula is C25H36N2O4. The van der Waals surface area contributed by atoms with E-state index in [1.807, 2.05) is 30.3 Å². The second-order valence-corrected chi connectivity index (χ2v) is 9.40. The van der Waals surface area contributed by atoms with Gasteiger partial charge < -0.3 is 15.3 Å². The van der Waals surface area contributed by atoms with Crippen molar-refractivity contribution in [3.63, 3.8) is 0 Å². The van der Waals surface area contributed by atoms with Gasteiger partial charge in [0.1, 0.15) is 0 Å². The lowest BCUT2D eigenvalue weighted by atomic mass is 9.77. The molecule has 0 radical (unpaired) electrons. The fraction of sp³-hybridized carbons (Fsp3) is 0.640. The summed E-state index contributed by atoms with van der Waals surface area (Å²) < 4.78 is 0. The van der Waals surface area contributed by atoms with Crippen LogP contribution < -0.4 is 5.32 Å². The van der Waals surface area contributed by atoms with Gasteiger partial charge in [-0.05, 0) is 31.6 Å². The van der Waals surface area contributed by atoms with Crippen LogP contribution in [0, 0.1) is 17.8 Å². The zero-order chi connectivity index (χ0) is 22.2. The van der Waals surface area contributed by atoms with Crippen molar-refractivity contribution in [3.05, 3.63) is 35.9 Å². The summed E-state index contributed by atoms with van der Waals surface area (Å²) in [7, 11) is 1.55. The summed E-state index contributed by atoms with van der Waals surface area (Å²) in [5, 5.41) is 12.5. The van der Waals surface area contributed by atoms with Crippen LogP contribution in [0.1, 0.15) is 74.6 Å². The van der Waals surface area contributed by atoms with Gasteiger partial charge in [-0.3, -0.25) is 9.59 Å². The van der Waals surface area contributed by atoms with Gasteiger partial charge in [0, 0.05) is 37.0 Å². The highest BCUT2D eigenvalue weighted by molar-refractivity contribution is 5.98.